The highest BCUT2D eigenvalue weighted by atomic mass is 16.3. The summed E-state index contributed by atoms with van der Waals surface area (Å²) in [4.78, 5) is 22.0. The van der Waals surface area contributed by atoms with E-state index < -0.39 is 6.10 Å². The van der Waals surface area contributed by atoms with E-state index in [9.17, 15) is 9.90 Å². The van der Waals surface area contributed by atoms with Crippen molar-refractivity contribution < 1.29 is 10.2 Å². The summed E-state index contributed by atoms with van der Waals surface area (Å²) < 4.78 is 1.76. The van der Waals surface area contributed by atoms with Gasteiger partial charge in [0.1, 0.15) is 0 Å². The second-order valence-electron chi connectivity index (χ2n) is 4.39. The van der Waals surface area contributed by atoms with Crippen molar-refractivity contribution in [2.24, 2.45) is 0 Å². The maximum absolute atomic E-state index is 11.6. The van der Waals surface area contributed by atoms with Crippen LogP contribution in [0.3, 0.4) is 0 Å². The quantitative estimate of drug-likeness (QED) is 0.508. The molecule has 8 heteroatoms. The Hall–Kier alpha value is -1.93. The lowest BCUT2D eigenvalue weighted by Crippen LogP contribution is -2.13. The predicted molar refractivity (Wildman–Crippen MR) is 69.5 cm³/mol. The van der Waals surface area contributed by atoms with E-state index in [1.54, 1.807) is 10.9 Å². The number of hydrogen-bond acceptors (Lipinski definition) is 6. The van der Waals surface area contributed by atoms with Gasteiger partial charge in [-0.1, -0.05) is 0 Å². The summed E-state index contributed by atoms with van der Waals surface area (Å²) in [5, 5.41) is 17.9. The number of aromatic amines is 1. The smallest absolute Gasteiger partial charge is 0.280 e. The van der Waals surface area contributed by atoms with Gasteiger partial charge >= 0.3 is 0 Å². The molecule has 104 valence electrons. The number of fused-ring (bicyclic) bond motifs is 1. The fourth-order valence-corrected chi connectivity index (χ4v) is 1.89. The number of aliphatic hydroxyl groups is 2. The van der Waals surface area contributed by atoms with Crippen molar-refractivity contribution in [3.05, 3.63) is 16.7 Å². The van der Waals surface area contributed by atoms with E-state index in [1.165, 1.54) is 0 Å². The maximum Gasteiger partial charge on any atom is 0.280 e. The van der Waals surface area contributed by atoms with Crippen LogP contribution in [0, 0.1) is 0 Å². The van der Waals surface area contributed by atoms with E-state index in [1.807, 2.05) is 0 Å². The number of nitrogens with zero attached hydrogens (tertiary/aromatic N) is 3. The number of unbranched alkanes of at least 4 members (excludes halogenated alkanes) is 1. The summed E-state index contributed by atoms with van der Waals surface area (Å²) in [6, 6.07) is 0. The fraction of sp³-hybridized carbons (Fsp3) is 0.545. The molecular weight excluding hydrogens is 250 g/mol. The van der Waals surface area contributed by atoms with E-state index in [4.69, 9.17) is 10.8 Å². The van der Waals surface area contributed by atoms with Gasteiger partial charge < -0.3 is 20.5 Å². The van der Waals surface area contributed by atoms with Crippen LogP contribution in [-0.2, 0) is 6.54 Å². The first-order chi connectivity index (χ1) is 9.11. The number of hydrogen-bond donors (Lipinski definition) is 4. The van der Waals surface area contributed by atoms with Gasteiger partial charge in [-0.2, -0.15) is 4.98 Å². The van der Waals surface area contributed by atoms with Crippen molar-refractivity contribution in [2.45, 2.75) is 31.9 Å². The molecule has 2 aromatic heterocycles. The van der Waals surface area contributed by atoms with Crippen LogP contribution in [0.1, 0.15) is 19.3 Å². The lowest BCUT2D eigenvalue weighted by molar-refractivity contribution is 0.0859. The van der Waals surface area contributed by atoms with Crippen LogP contribution in [-0.4, -0.2) is 42.4 Å². The Kier molecular flexibility index (Phi) is 4.13. The van der Waals surface area contributed by atoms with Crippen molar-refractivity contribution in [3.63, 3.8) is 0 Å². The highest BCUT2D eigenvalue weighted by Gasteiger charge is 2.09. The summed E-state index contributed by atoms with van der Waals surface area (Å²) in [5.41, 5.74) is 5.88. The number of aliphatic hydroxyl groups excluding tert-OH is 2. The number of rotatable bonds is 6. The lowest BCUT2D eigenvalue weighted by Gasteiger charge is -2.07. The zero-order valence-electron chi connectivity index (χ0n) is 10.4. The molecule has 0 aliphatic rings. The molecule has 2 rings (SSSR count). The van der Waals surface area contributed by atoms with Crippen LogP contribution < -0.4 is 11.3 Å². The average molecular weight is 267 g/mol. The minimum absolute atomic E-state index is 0.0648. The highest BCUT2D eigenvalue weighted by Crippen LogP contribution is 2.09. The topological polar surface area (TPSA) is 130 Å². The van der Waals surface area contributed by atoms with Gasteiger partial charge in [0.2, 0.25) is 5.95 Å². The molecule has 0 spiro atoms. The molecular formula is C11H17N5O3. The minimum atomic E-state index is -0.670. The van der Waals surface area contributed by atoms with Crippen molar-refractivity contribution >= 4 is 17.1 Å². The van der Waals surface area contributed by atoms with Crippen molar-refractivity contribution in [1.82, 2.24) is 19.5 Å². The Bertz CT molecular complexity index is 606. The number of nitrogen functional groups attached to an aromatic ring is 1. The summed E-state index contributed by atoms with van der Waals surface area (Å²) in [6.07, 6.45) is 2.97. The van der Waals surface area contributed by atoms with Crippen LogP contribution in [0.4, 0.5) is 5.95 Å². The molecule has 0 bridgehead atoms. The highest BCUT2D eigenvalue weighted by molar-refractivity contribution is 5.70. The predicted octanol–water partition coefficient (Wildman–Crippen LogP) is -0.775. The van der Waals surface area contributed by atoms with E-state index in [0.29, 0.717) is 18.6 Å². The first-order valence-electron chi connectivity index (χ1n) is 6.11. The molecule has 0 radical (unpaired) electrons. The van der Waals surface area contributed by atoms with Crippen LogP contribution in [0.25, 0.3) is 11.2 Å². The Morgan fingerprint density at radius 2 is 2.26 bits per heavy atom. The number of anilines is 1. The van der Waals surface area contributed by atoms with E-state index >= 15 is 0 Å². The third-order valence-electron chi connectivity index (χ3n) is 2.89. The molecule has 0 aromatic carbocycles. The van der Waals surface area contributed by atoms with E-state index in [-0.39, 0.29) is 23.6 Å². The molecule has 5 N–H and O–H groups in total. The second kappa shape index (κ2) is 5.81. The molecule has 0 saturated carbocycles. The van der Waals surface area contributed by atoms with Crippen molar-refractivity contribution in [1.29, 1.82) is 0 Å². The van der Waals surface area contributed by atoms with Gasteiger partial charge in [-0.25, -0.2) is 4.98 Å². The van der Waals surface area contributed by atoms with Gasteiger partial charge in [-0.05, 0) is 19.3 Å². The van der Waals surface area contributed by atoms with Gasteiger partial charge in [0.25, 0.3) is 5.56 Å². The SMILES string of the molecule is Nc1nc2c(ncn2CCCC[C@H](O)CO)c(=O)[nH]1. The molecule has 0 aliphatic carbocycles. The van der Waals surface area contributed by atoms with Gasteiger partial charge in [-0.3, -0.25) is 9.78 Å². The number of nitrogens with one attached hydrogen (secondary N) is 1. The van der Waals surface area contributed by atoms with Gasteiger partial charge in [0.05, 0.1) is 19.0 Å². The van der Waals surface area contributed by atoms with Gasteiger partial charge in [0.15, 0.2) is 11.2 Å². The maximum atomic E-state index is 11.6. The number of imidazole rings is 1. The zero-order chi connectivity index (χ0) is 13.8. The number of aromatic nitrogens is 4. The fourth-order valence-electron chi connectivity index (χ4n) is 1.89. The molecule has 19 heavy (non-hydrogen) atoms. The molecule has 0 aliphatic heterocycles. The molecule has 2 aromatic rings. The third kappa shape index (κ3) is 3.09. The average Bonchev–Trinajstić information content (AvgIpc) is 2.77. The minimum Gasteiger partial charge on any atom is -0.394 e. The summed E-state index contributed by atoms with van der Waals surface area (Å²) in [5.74, 6) is 0.0648. The number of aryl methyl sites for hydroxylation is 1. The molecule has 0 saturated heterocycles. The van der Waals surface area contributed by atoms with E-state index in [2.05, 4.69) is 15.0 Å². The largest absolute Gasteiger partial charge is 0.394 e. The molecule has 0 unspecified atom stereocenters. The molecule has 0 fully saturated rings. The Labute approximate surface area is 108 Å². The Morgan fingerprint density at radius 1 is 1.47 bits per heavy atom. The second-order valence-corrected chi connectivity index (χ2v) is 4.39. The lowest BCUT2D eigenvalue weighted by atomic mass is 10.1. The normalized spacial score (nSPS) is 12.9. The molecule has 1 atom stereocenters. The first kappa shape index (κ1) is 13.5. The van der Waals surface area contributed by atoms with Crippen LogP contribution in [0.15, 0.2) is 11.1 Å². The molecule has 2 heterocycles. The van der Waals surface area contributed by atoms with Crippen LogP contribution in [0.2, 0.25) is 0 Å². The zero-order valence-corrected chi connectivity index (χ0v) is 10.4. The van der Waals surface area contributed by atoms with Crippen LogP contribution >= 0.6 is 0 Å². The molecule has 8 nitrogen and oxygen atoms in total. The standard InChI is InChI=1S/C11H17N5O3/c12-11-14-9-8(10(19)15-11)13-6-16(9)4-2-1-3-7(18)5-17/h6-7,17-18H,1-5H2,(H3,12,14,15,19)/t7-/m0/s1. The molecule has 0 amide bonds. The Morgan fingerprint density at radius 3 is 3.00 bits per heavy atom. The summed E-state index contributed by atoms with van der Waals surface area (Å²) in [6.45, 7) is 0.409. The van der Waals surface area contributed by atoms with Gasteiger partial charge in [0, 0.05) is 6.54 Å². The summed E-state index contributed by atoms with van der Waals surface area (Å²) in [7, 11) is 0. The summed E-state index contributed by atoms with van der Waals surface area (Å²) >= 11 is 0. The van der Waals surface area contributed by atoms with Crippen molar-refractivity contribution in [3.8, 4) is 0 Å². The first-order valence-corrected chi connectivity index (χ1v) is 6.11. The van der Waals surface area contributed by atoms with Crippen molar-refractivity contribution in [2.75, 3.05) is 12.3 Å². The van der Waals surface area contributed by atoms with Gasteiger partial charge in [-0.15, -0.1) is 0 Å². The van der Waals surface area contributed by atoms with Crippen LogP contribution in [0.5, 0.6) is 0 Å². The number of H-pyrrole nitrogens is 1. The monoisotopic (exact) mass is 267 g/mol. The van der Waals surface area contributed by atoms with E-state index in [0.717, 1.165) is 12.8 Å². The third-order valence-corrected chi connectivity index (χ3v) is 2.89. The number of nitrogens with two attached hydrogens (primary N) is 1. The Balaban J connectivity index is 2.03.